The third kappa shape index (κ3) is 6.46. The van der Waals surface area contributed by atoms with Gasteiger partial charge in [0.15, 0.2) is 0 Å². The second-order valence-corrected chi connectivity index (χ2v) is 9.77. The van der Waals surface area contributed by atoms with Gasteiger partial charge in [-0.2, -0.15) is 0 Å². The lowest BCUT2D eigenvalue weighted by Crippen LogP contribution is -2.27. The van der Waals surface area contributed by atoms with Crippen LogP contribution in [0.4, 0.5) is 0 Å². The van der Waals surface area contributed by atoms with Crippen molar-refractivity contribution in [1.82, 2.24) is 5.32 Å². The van der Waals surface area contributed by atoms with Crippen molar-refractivity contribution < 1.29 is 29.4 Å². The Bertz CT molecular complexity index is 1510. The fourth-order valence-electron chi connectivity index (χ4n) is 4.88. The van der Waals surface area contributed by atoms with Crippen LogP contribution in [-0.2, 0) is 12.8 Å². The zero-order valence-electron chi connectivity index (χ0n) is 22.4. The molecule has 201 valence electrons. The lowest BCUT2D eigenvalue weighted by molar-refractivity contribution is 0.0684. The lowest BCUT2D eigenvalue weighted by Gasteiger charge is -2.15. The Labute approximate surface area is 233 Å². The number of fused-ring (bicyclic) bond motifs is 1. The van der Waals surface area contributed by atoms with Gasteiger partial charge in [0.05, 0.1) is 11.1 Å². The maximum absolute atomic E-state index is 13.3. The topological polar surface area (TPSA) is 121 Å². The van der Waals surface area contributed by atoms with E-state index in [1.165, 1.54) is 19.4 Å². The molecule has 40 heavy (non-hydrogen) atoms. The molecule has 0 saturated carbocycles. The molecular weight excluding hydrogens is 505 g/mol. The first kappa shape index (κ1) is 28.3. The molecule has 7 nitrogen and oxygen atoms in total. The Hall–Kier alpha value is -4.72. The Balaban J connectivity index is 1.67. The zero-order valence-corrected chi connectivity index (χ0v) is 22.4. The molecule has 0 aliphatic rings. The first-order valence-corrected chi connectivity index (χ1v) is 13.0. The van der Waals surface area contributed by atoms with E-state index in [4.69, 9.17) is 0 Å². The van der Waals surface area contributed by atoms with Gasteiger partial charge in [-0.1, -0.05) is 72.0 Å². The Morgan fingerprint density at radius 1 is 0.675 bits per heavy atom. The number of aryl methyl sites for hydroxylation is 3. The second kappa shape index (κ2) is 12.4. The van der Waals surface area contributed by atoms with E-state index in [1.807, 2.05) is 62.4 Å². The van der Waals surface area contributed by atoms with Gasteiger partial charge in [0.1, 0.15) is 5.68 Å². The number of nitrogens with one attached hydrogen (secondary N) is 1. The number of carbonyl (C=O) groups is 4. The minimum absolute atomic E-state index is 0.00365. The van der Waals surface area contributed by atoms with E-state index in [0.29, 0.717) is 19.2 Å². The summed E-state index contributed by atoms with van der Waals surface area (Å²) >= 11 is 0. The van der Waals surface area contributed by atoms with Gasteiger partial charge in [0, 0.05) is 28.4 Å². The van der Waals surface area contributed by atoms with Gasteiger partial charge in [-0.25, -0.2) is 9.59 Å². The van der Waals surface area contributed by atoms with Gasteiger partial charge in [0.25, 0.3) is 5.91 Å². The van der Waals surface area contributed by atoms with Crippen LogP contribution in [0.25, 0.3) is 10.8 Å². The van der Waals surface area contributed by atoms with Crippen molar-refractivity contribution in [2.75, 3.05) is 6.54 Å². The van der Waals surface area contributed by atoms with E-state index in [2.05, 4.69) is 5.32 Å². The molecule has 1 radical (unpaired) electrons. The van der Waals surface area contributed by atoms with E-state index >= 15 is 0 Å². The molecule has 0 aliphatic carbocycles. The lowest BCUT2D eigenvalue weighted by atomic mass is 9.65. The van der Waals surface area contributed by atoms with E-state index in [0.717, 1.165) is 34.4 Å². The van der Waals surface area contributed by atoms with Gasteiger partial charge in [-0.15, -0.1) is 0 Å². The van der Waals surface area contributed by atoms with Gasteiger partial charge in [-0.3, -0.25) is 4.79 Å². The predicted molar refractivity (Wildman–Crippen MR) is 155 cm³/mol. The van der Waals surface area contributed by atoms with Crippen LogP contribution in [0.1, 0.15) is 63.7 Å². The fourth-order valence-corrected chi connectivity index (χ4v) is 4.88. The van der Waals surface area contributed by atoms with Crippen LogP contribution < -0.4 is 5.32 Å². The van der Waals surface area contributed by atoms with Crippen molar-refractivity contribution in [2.24, 2.45) is 0 Å². The molecule has 0 heterocycles. The van der Waals surface area contributed by atoms with Gasteiger partial charge >= 0.3 is 11.9 Å². The molecule has 3 N–H and O–H groups in total. The van der Waals surface area contributed by atoms with E-state index < -0.39 is 23.5 Å². The fraction of sp³-hybridized carbons (Fsp3) is 0.188. The average molecular weight is 534 g/mol. The maximum atomic E-state index is 13.3. The van der Waals surface area contributed by atoms with E-state index in [1.54, 1.807) is 0 Å². The van der Waals surface area contributed by atoms with Gasteiger partial charge in [-0.05, 0) is 56.0 Å². The monoisotopic (exact) mass is 534 g/mol. The first-order valence-electron chi connectivity index (χ1n) is 13.0. The summed E-state index contributed by atoms with van der Waals surface area (Å²) in [6.45, 7) is 4.25. The summed E-state index contributed by atoms with van der Waals surface area (Å²) in [6.07, 6.45) is 1.58. The molecule has 0 spiro atoms. The van der Waals surface area contributed by atoms with E-state index in [9.17, 15) is 29.4 Å². The molecule has 8 heteroatoms. The number of carboxylic acid groups (broad SMARTS) is 2. The predicted octanol–water partition coefficient (Wildman–Crippen LogP) is 5.33. The third-order valence-electron chi connectivity index (χ3n) is 6.76. The van der Waals surface area contributed by atoms with Crippen LogP contribution in [0.5, 0.6) is 0 Å². The molecule has 0 unspecified atom stereocenters. The van der Waals surface area contributed by atoms with Crippen molar-refractivity contribution in [3.05, 3.63) is 117 Å². The van der Waals surface area contributed by atoms with Gasteiger partial charge in [0.2, 0.25) is 7.28 Å². The normalized spacial score (nSPS) is 10.8. The minimum atomic E-state index is -1.33. The summed E-state index contributed by atoms with van der Waals surface area (Å²) in [6, 6.07) is 20.9. The highest BCUT2D eigenvalue weighted by atomic mass is 16.4. The summed E-state index contributed by atoms with van der Waals surface area (Å²) in [5, 5.41) is 22.5. The van der Waals surface area contributed by atoms with Crippen molar-refractivity contribution >= 4 is 41.6 Å². The standard InChI is InChI=1S/C32H29BNO6/c1-19-5-3-7-21(17-19)13-15-33-29(35)23-9-10-24(30(36)34-16-14-22-8-4-6-20(2)18-22)28-26(32(39)40)12-11-25(27(23)28)31(37)38/h3-12,17-18H,13-16H2,1-2H3,(H,34,36)(H,37,38)(H,39,40). The van der Waals surface area contributed by atoms with Crippen molar-refractivity contribution in [3.8, 4) is 0 Å². The number of amides is 1. The molecule has 0 saturated heterocycles. The molecule has 0 aromatic heterocycles. The molecule has 1 amide bonds. The Morgan fingerprint density at radius 2 is 1.18 bits per heavy atom. The van der Waals surface area contributed by atoms with Crippen molar-refractivity contribution in [3.63, 3.8) is 0 Å². The van der Waals surface area contributed by atoms with Crippen molar-refractivity contribution in [1.29, 1.82) is 0 Å². The molecule has 0 fully saturated rings. The van der Waals surface area contributed by atoms with Crippen LogP contribution in [-0.4, -0.2) is 47.6 Å². The summed E-state index contributed by atoms with van der Waals surface area (Å²) in [5.41, 5.74) is 3.40. The van der Waals surface area contributed by atoms with Crippen LogP contribution in [0, 0.1) is 13.8 Å². The number of benzene rings is 4. The number of hydrogen-bond acceptors (Lipinski definition) is 4. The van der Waals surface area contributed by atoms with Crippen molar-refractivity contribution in [2.45, 2.75) is 33.0 Å². The SMILES string of the molecule is Cc1cccc(CC[B]C(=O)c2ccc(C(=O)NCCc3cccc(C)c3)c3c(C(=O)O)ccc(C(=O)O)c23)c1. The summed E-state index contributed by atoms with van der Waals surface area (Å²) < 4.78 is 0. The Morgan fingerprint density at radius 3 is 1.73 bits per heavy atom. The Kier molecular flexibility index (Phi) is 8.79. The summed E-state index contributed by atoms with van der Waals surface area (Å²) in [4.78, 5) is 50.9. The molecule has 0 aliphatic heterocycles. The van der Waals surface area contributed by atoms with Crippen LogP contribution in [0.15, 0.2) is 72.8 Å². The molecule has 0 bridgehead atoms. The highest BCUT2D eigenvalue weighted by Gasteiger charge is 2.25. The molecule has 4 aromatic carbocycles. The highest BCUT2D eigenvalue weighted by molar-refractivity contribution is 6.78. The highest BCUT2D eigenvalue weighted by Crippen LogP contribution is 2.31. The number of rotatable bonds is 11. The number of hydrogen-bond donors (Lipinski definition) is 3. The number of aromatic carboxylic acids is 2. The largest absolute Gasteiger partial charge is 0.478 e. The minimum Gasteiger partial charge on any atom is -0.478 e. The van der Waals surface area contributed by atoms with Gasteiger partial charge < -0.3 is 20.3 Å². The van der Waals surface area contributed by atoms with Crippen LogP contribution in [0.2, 0.25) is 6.32 Å². The molecule has 0 atom stereocenters. The molecule has 4 rings (SSSR count). The quantitative estimate of drug-likeness (QED) is 0.224. The summed E-state index contributed by atoms with van der Waals surface area (Å²) in [7, 11) is 1.47. The van der Waals surface area contributed by atoms with E-state index in [-0.39, 0.29) is 39.6 Å². The number of carbonyl (C=O) groups excluding carboxylic acids is 2. The summed E-state index contributed by atoms with van der Waals surface area (Å²) in [5.74, 6) is -3.21. The first-order chi connectivity index (χ1) is 19.2. The van der Waals surface area contributed by atoms with Crippen LogP contribution in [0.3, 0.4) is 0 Å². The van der Waals surface area contributed by atoms with Crippen LogP contribution >= 0.6 is 0 Å². The average Bonchev–Trinajstić information content (AvgIpc) is 2.91. The maximum Gasteiger partial charge on any atom is 0.336 e. The smallest absolute Gasteiger partial charge is 0.336 e. The number of carboxylic acids is 2. The molecule has 4 aromatic rings. The molecular formula is C32H29BNO6. The second-order valence-electron chi connectivity index (χ2n) is 9.77. The zero-order chi connectivity index (χ0) is 28.8. The third-order valence-corrected chi connectivity index (χ3v) is 6.76.